The molecule has 100 valence electrons. The predicted octanol–water partition coefficient (Wildman–Crippen LogP) is 4.29. The molecule has 0 amide bonds. The van der Waals surface area contributed by atoms with Crippen LogP contribution >= 0.6 is 23.4 Å². The maximum Gasteiger partial charge on any atom is 0.226 e. The molecule has 1 N–H and O–H groups in total. The number of nitrogens with one attached hydrogen (secondary N) is 1. The Kier molecular flexibility index (Phi) is 4.61. The highest BCUT2D eigenvalue weighted by atomic mass is 35.5. The van der Waals surface area contributed by atoms with E-state index < -0.39 is 0 Å². The van der Waals surface area contributed by atoms with Crippen molar-refractivity contribution in [1.29, 1.82) is 10.7 Å². The minimum absolute atomic E-state index is 0.142. The molecule has 0 spiro atoms. The van der Waals surface area contributed by atoms with Gasteiger partial charge in [0.25, 0.3) is 0 Å². The lowest BCUT2D eigenvalue weighted by molar-refractivity contribution is 0.573. The Bertz CT molecular complexity index is 685. The summed E-state index contributed by atoms with van der Waals surface area (Å²) in [4.78, 5) is 4.33. The van der Waals surface area contributed by atoms with Crippen LogP contribution in [-0.2, 0) is 5.75 Å². The lowest BCUT2D eigenvalue weighted by atomic mass is 10.2. The molecule has 0 aliphatic rings. The van der Waals surface area contributed by atoms with Crippen LogP contribution < -0.4 is 0 Å². The summed E-state index contributed by atoms with van der Waals surface area (Å²) in [5.41, 5.74) is 1.69. The van der Waals surface area contributed by atoms with E-state index in [1.54, 1.807) is 18.4 Å². The van der Waals surface area contributed by atoms with Crippen molar-refractivity contribution in [1.82, 2.24) is 4.98 Å². The number of oxazole rings is 1. The van der Waals surface area contributed by atoms with Gasteiger partial charge in [-0.1, -0.05) is 29.9 Å². The third-order valence-electron chi connectivity index (χ3n) is 2.42. The SMILES string of the molecule is C=C(C#N)C(=N)SCc1coc(-c2ccc(Cl)cc2)n1. The van der Waals surface area contributed by atoms with Gasteiger partial charge in [0.05, 0.1) is 11.3 Å². The Hall–Kier alpha value is -2.03. The van der Waals surface area contributed by atoms with Gasteiger partial charge in [-0.3, -0.25) is 5.41 Å². The molecule has 0 unspecified atom stereocenters. The molecule has 0 saturated carbocycles. The van der Waals surface area contributed by atoms with Crippen LogP contribution in [0.1, 0.15) is 5.69 Å². The molecule has 1 aromatic heterocycles. The number of thioether (sulfide) groups is 1. The minimum atomic E-state index is 0.142. The van der Waals surface area contributed by atoms with Crippen molar-refractivity contribution in [3.63, 3.8) is 0 Å². The first-order chi connectivity index (χ1) is 9.60. The normalized spacial score (nSPS) is 10.0. The number of rotatable bonds is 4. The summed E-state index contributed by atoms with van der Waals surface area (Å²) < 4.78 is 5.38. The first kappa shape index (κ1) is 14.4. The van der Waals surface area contributed by atoms with Crippen LogP contribution in [-0.4, -0.2) is 10.0 Å². The molecule has 1 aromatic carbocycles. The van der Waals surface area contributed by atoms with Gasteiger partial charge in [-0.2, -0.15) is 5.26 Å². The quantitative estimate of drug-likeness (QED) is 0.519. The largest absolute Gasteiger partial charge is 0.444 e. The average molecular weight is 304 g/mol. The number of hydrogen-bond donors (Lipinski definition) is 1. The van der Waals surface area contributed by atoms with Gasteiger partial charge >= 0.3 is 0 Å². The summed E-state index contributed by atoms with van der Waals surface area (Å²) in [5, 5.41) is 17.0. The fourth-order valence-corrected chi connectivity index (χ4v) is 2.15. The zero-order valence-corrected chi connectivity index (χ0v) is 12.0. The van der Waals surface area contributed by atoms with Crippen molar-refractivity contribution in [3.05, 3.63) is 53.4 Å². The molecule has 2 aromatic rings. The van der Waals surface area contributed by atoms with Gasteiger partial charge in [-0.25, -0.2) is 4.98 Å². The Morgan fingerprint density at radius 1 is 1.45 bits per heavy atom. The third kappa shape index (κ3) is 3.50. The first-order valence-corrected chi connectivity index (χ1v) is 6.97. The van der Waals surface area contributed by atoms with Gasteiger partial charge in [-0.05, 0) is 24.3 Å². The van der Waals surface area contributed by atoms with Crippen LogP contribution in [0.25, 0.3) is 11.5 Å². The maximum atomic E-state index is 8.63. The predicted molar refractivity (Wildman–Crippen MR) is 80.7 cm³/mol. The van der Waals surface area contributed by atoms with Crippen molar-refractivity contribution in [3.8, 4) is 17.5 Å². The van der Waals surface area contributed by atoms with Gasteiger partial charge in [0.15, 0.2) is 0 Å². The van der Waals surface area contributed by atoms with E-state index in [1.807, 2.05) is 18.2 Å². The highest BCUT2D eigenvalue weighted by Crippen LogP contribution is 2.23. The molecular weight excluding hydrogens is 294 g/mol. The van der Waals surface area contributed by atoms with E-state index in [9.17, 15) is 0 Å². The first-order valence-electron chi connectivity index (χ1n) is 5.61. The van der Waals surface area contributed by atoms with Crippen LogP contribution in [0.15, 0.2) is 47.1 Å². The maximum absolute atomic E-state index is 8.63. The summed E-state index contributed by atoms with van der Waals surface area (Å²) >= 11 is 7.01. The van der Waals surface area contributed by atoms with Crippen LogP contribution in [0.3, 0.4) is 0 Å². The molecule has 0 atom stereocenters. The zero-order valence-electron chi connectivity index (χ0n) is 10.4. The number of benzene rings is 1. The van der Waals surface area contributed by atoms with E-state index in [2.05, 4.69) is 11.6 Å². The Labute approximate surface area is 125 Å². The molecule has 4 nitrogen and oxygen atoms in total. The van der Waals surface area contributed by atoms with Crippen LogP contribution in [0, 0.1) is 16.7 Å². The van der Waals surface area contributed by atoms with Crippen molar-refractivity contribution in [2.24, 2.45) is 0 Å². The second-order valence-corrected chi connectivity index (χ2v) is 5.28. The Morgan fingerprint density at radius 2 is 2.15 bits per heavy atom. The van der Waals surface area contributed by atoms with Crippen molar-refractivity contribution < 1.29 is 4.42 Å². The lowest BCUT2D eigenvalue weighted by Gasteiger charge is -1.97. The Morgan fingerprint density at radius 3 is 2.80 bits per heavy atom. The van der Waals surface area contributed by atoms with E-state index >= 15 is 0 Å². The fraction of sp³-hybridized carbons (Fsp3) is 0.0714. The second kappa shape index (κ2) is 6.42. The minimum Gasteiger partial charge on any atom is -0.444 e. The molecule has 20 heavy (non-hydrogen) atoms. The standard InChI is InChI=1S/C14H10ClN3OS/c1-9(6-16)13(17)20-8-12-7-19-14(18-12)10-2-4-11(15)5-3-10/h2-5,7,17H,1,8H2. The number of nitrogens with zero attached hydrogens (tertiary/aromatic N) is 2. The van der Waals surface area contributed by atoms with Crippen LogP contribution in [0.5, 0.6) is 0 Å². The van der Waals surface area contributed by atoms with E-state index in [0.29, 0.717) is 22.4 Å². The van der Waals surface area contributed by atoms with Crippen molar-refractivity contribution in [2.75, 3.05) is 0 Å². The van der Waals surface area contributed by atoms with Crippen LogP contribution in [0.4, 0.5) is 0 Å². The number of halogens is 1. The molecule has 2 rings (SSSR count). The molecular formula is C14H10ClN3OS. The van der Waals surface area contributed by atoms with E-state index in [-0.39, 0.29) is 10.6 Å². The highest BCUT2D eigenvalue weighted by Gasteiger charge is 2.09. The number of aromatic nitrogens is 1. The summed E-state index contributed by atoms with van der Waals surface area (Å²) in [6.07, 6.45) is 1.54. The number of hydrogen-bond acceptors (Lipinski definition) is 5. The summed E-state index contributed by atoms with van der Waals surface area (Å²) in [5.74, 6) is 0.958. The number of nitriles is 1. The van der Waals surface area contributed by atoms with Gasteiger partial charge < -0.3 is 4.42 Å². The summed E-state index contributed by atoms with van der Waals surface area (Å²) in [6.45, 7) is 3.48. The monoisotopic (exact) mass is 303 g/mol. The van der Waals surface area contributed by atoms with Gasteiger partial charge in [0, 0.05) is 16.3 Å². The molecule has 0 bridgehead atoms. The van der Waals surface area contributed by atoms with Gasteiger partial charge in [-0.15, -0.1) is 0 Å². The van der Waals surface area contributed by atoms with E-state index in [4.69, 9.17) is 26.7 Å². The van der Waals surface area contributed by atoms with E-state index in [0.717, 1.165) is 5.56 Å². The third-order valence-corrected chi connectivity index (χ3v) is 3.64. The Balaban J connectivity index is 2.03. The van der Waals surface area contributed by atoms with Crippen LogP contribution in [0.2, 0.25) is 5.02 Å². The summed E-state index contributed by atoms with van der Waals surface area (Å²) in [7, 11) is 0. The fourth-order valence-electron chi connectivity index (χ4n) is 1.38. The highest BCUT2D eigenvalue weighted by molar-refractivity contribution is 8.13. The molecule has 0 fully saturated rings. The van der Waals surface area contributed by atoms with Gasteiger partial charge in [0.2, 0.25) is 5.89 Å². The van der Waals surface area contributed by atoms with Crippen molar-refractivity contribution in [2.45, 2.75) is 5.75 Å². The molecule has 6 heteroatoms. The molecule has 0 aliphatic heterocycles. The molecule has 1 heterocycles. The zero-order chi connectivity index (χ0) is 14.5. The average Bonchev–Trinajstić information content (AvgIpc) is 2.93. The second-order valence-electron chi connectivity index (χ2n) is 3.86. The topological polar surface area (TPSA) is 73.7 Å². The summed E-state index contributed by atoms with van der Waals surface area (Å²) in [6, 6.07) is 9.02. The molecule has 0 saturated heterocycles. The molecule has 0 aliphatic carbocycles. The van der Waals surface area contributed by atoms with E-state index in [1.165, 1.54) is 11.8 Å². The lowest BCUT2D eigenvalue weighted by Crippen LogP contribution is -1.93. The van der Waals surface area contributed by atoms with Crippen molar-refractivity contribution >= 4 is 28.4 Å². The smallest absolute Gasteiger partial charge is 0.226 e. The van der Waals surface area contributed by atoms with Gasteiger partial charge in [0.1, 0.15) is 17.4 Å². The molecule has 0 radical (unpaired) electrons.